The van der Waals surface area contributed by atoms with Crippen molar-refractivity contribution in [2.24, 2.45) is 7.05 Å². The third-order valence-corrected chi connectivity index (χ3v) is 4.75. The summed E-state index contributed by atoms with van der Waals surface area (Å²) in [6.07, 6.45) is -2.87. The minimum atomic E-state index is -4.55. The van der Waals surface area contributed by atoms with Crippen LogP contribution >= 0.6 is 11.3 Å². The largest absolute Gasteiger partial charge is 0.435 e. The van der Waals surface area contributed by atoms with Crippen LogP contribution in [0.25, 0.3) is 0 Å². The molecule has 2 aromatic heterocycles. The number of aromatic nitrogens is 2. The van der Waals surface area contributed by atoms with Crippen molar-refractivity contribution in [3.63, 3.8) is 0 Å². The Morgan fingerprint density at radius 3 is 2.82 bits per heavy atom. The summed E-state index contributed by atoms with van der Waals surface area (Å²) in [4.78, 5) is 15.3. The van der Waals surface area contributed by atoms with Gasteiger partial charge in [0.05, 0.1) is 6.04 Å². The van der Waals surface area contributed by atoms with Gasteiger partial charge in [-0.1, -0.05) is 6.07 Å². The Bertz CT molecular complexity index is 678. The van der Waals surface area contributed by atoms with Gasteiger partial charge >= 0.3 is 6.18 Å². The summed E-state index contributed by atoms with van der Waals surface area (Å²) in [5.41, 5.74) is -1.07. The van der Waals surface area contributed by atoms with Gasteiger partial charge in [0.15, 0.2) is 5.69 Å². The molecular weight excluding hydrogens is 315 g/mol. The number of rotatable bonds is 2. The van der Waals surface area contributed by atoms with E-state index in [1.807, 2.05) is 17.5 Å². The molecule has 0 saturated carbocycles. The van der Waals surface area contributed by atoms with Crippen molar-refractivity contribution >= 4 is 17.2 Å². The van der Waals surface area contributed by atoms with Gasteiger partial charge in [0.1, 0.15) is 5.69 Å². The summed E-state index contributed by atoms with van der Waals surface area (Å²) in [5.74, 6) is -0.401. The van der Waals surface area contributed by atoms with E-state index in [0.29, 0.717) is 6.54 Å². The van der Waals surface area contributed by atoms with Crippen LogP contribution in [-0.2, 0) is 13.2 Å². The van der Waals surface area contributed by atoms with Gasteiger partial charge in [0, 0.05) is 24.5 Å². The summed E-state index contributed by atoms with van der Waals surface area (Å²) in [6.45, 7) is 0.550. The summed E-state index contributed by atoms with van der Waals surface area (Å²) >= 11 is 1.55. The van der Waals surface area contributed by atoms with E-state index in [2.05, 4.69) is 5.10 Å². The summed E-state index contributed by atoms with van der Waals surface area (Å²) < 4.78 is 39.2. The first-order chi connectivity index (χ1) is 10.4. The molecule has 1 unspecified atom stereocenters. The van der Waals surface area contributed by atoms with E-state index in [4.69, 9.17) is 0 Å². The first kappa shape index (κ1) is 15.1. The third-order valence-electron chi connectivity index (χ3n) is 3.77. The van der Waals surface area contributed by atoms with Gasteiger partial charge in [0.2, 0.25) is 0 Å². The van der Waals surface area contributed by atoms with Gasteiger partial charge in [-0.25, -0.2) is 0 Å². The zero-order valence-corrected chi connectivity index (χ0v) is 12.6. The Balaban J connectivity index is 1.89. The Morgan fingerprint density at radius 1 is 1.45 bits per heavy atom. The van der Waals surface area contributed by atoms with E-state index in [9.17, 15) is 18.0 Å². The maximum atomic E-state index is 12.7. The molecule has 0 bridgehead atoms. The van der Waals surface area contributed by atoms with Crippen LogP contribution in [0.1, 0.15) is 39.9 Å². The predicted octanol–water partition coefficient (Wildman–Crippen LogP) is 3.48. The van der Waals surface area contributed by atoms with Gasteiger partial charge < -0.3 is 4.90 Å². The van der Waals surface area contributed by atoms with Crippen molar-refractivity contribution in [3.05, 3.63) is 39.8 Å². The Hall–Kier alpha value is -1.83. The van der Waals surface area contributed by atoms with Crippen LogP contribution in [0.15, 0.2) is 23.6 Å². The van der Waals surface area contributed by atoms with Crippen LogP contribution in [0.5, 0.6) is 0 Å². The molecule has 0 N–H and O–H groups in total. The zero-order chi connectivity index (χ0) is 15.9. The molecule has 0 aliphatic carbocycles. The molecule has 22 heavy (non-hydrogen) atoms. The number of amides is 1. The molecular formula is C14H14F3N3OS. The normalized spacial score (nSPS) is 18.9. The molecule has 8 heteroatoms. The smallest absolute Gasteiger partial charge is 0.329 e. The molecule has 1 fully saturated rings. The van der Waals surface area contributed by atoms with Crippen molar-refractivity contribution in [1.29, 1.82) is 0 Å². The fourth-order valence-electron chi connectivity index (χ4n) is 2.74. The molecule has 2 aromatic rings. The lowest BCUT2D eigenvalue weighted by Gasteiger charge is -2.23. The maximum Gasteiger partial charge on any atom is 0.435 e. The maximum absolute atomic E-state index is 12.7. The van der Waals surface area contributed by atoms with Crippen molar-refractivity contribution in [2.45, 2.75) is 25.1 Å². The van der Waals surface area contributed by atoms with E-state index in [0.717, 1.165) is 28.5 Å². The standard InChI is InChI=1S/C14H14F3N3OS/c1-19-10(8-12(18-19)14(15,16)17)13(21)20-6-2-4-9(20)11-5-3-7-22-11/h3,5,7-9H,2,4,6H2,1H3. The zero-order valence-electron chi connectivity index (χ0n) is 11.8. The summed E-state index contributed by atoms with van der Waals surface area (Å²) in [6, 6.07) is 4.63. The highest BCUT2D eigenvalue weighted by Crippen LogP contribution is 2.36. The Labute approximate surface area is 129 Å². The van der Waals surface area contributed by atoms with Crippen LogP contribution in [-0.4, -0.2) is 27.1 Å². The fourth-order valence-corrected chi connectivity index (χ4v) is 3.61. The lowest BCUT2D eigenvalue weighted by atomic mass is 10.2. The lowest BCUT2D eigenvalue weighted by Crippen LogP contribution is -2.31. The number of carbonyl (C=O) groups is 1. The van der Waals surface area contributed by atoms with E-state index < -0.39 is 17.8 Å². The average molecular weight is 329 g/mol. The van der Waals surface area contributed by atoms with Crippen LogP contribution in [0.3, 0.4) is 0 Å². The van der Waals surface area contributed by atoms with Crippen LogP contribution < -0.4 is 0 Å². The second-order valence-electron chi connectivity index (χ2n) is 5.21. The molecule has 0 spiro atoms. The van der Waals surface area contributed by atoms with E-state index >= 15 is 0 Å². The number of hydrogen-bond acceptors (Lipinski definition) is 3. The molecule has 1 saturated heterocycles. The molecule has 1 atom stereocenters. The molecule has 1 aliphatic heterocycles. The quantitative estimate of drug-likeness (QED) is 0.846. The van der Waals surface area contributed by atoms with Gasteiger partial charge in [-0.15, -0.1) is 11.3 Å². The molecule has 0 aromatic carbocycles. The number of likely N-dealkylation sites (tertiary alicyclic amines) is 1. The Kier molecular flexibility index (Phi) is 3.72. The fraction of sp³-hybridized carbons (Fsp3) is 0.429. The second-order valence-corrected chi connectivity index (χ2v) is 6.19. The van der Waals surface area contributed by atoms with Crippen molar-refractivity contribution < 1.29 is 18.0 Å². The summed E-state index contributed by atoms with van der Waals surface area (Å²) in [5, 5.41) is 5.34. The highest BCUT2D eigenvalue weighted by Gasteiger charge is 2.38. The highest BCUT2D eigenvalue weighted by molar-refractivity contribution is 7.10. The average Bonchev–Trinajstić information content (AvgIpc) is 3.16. The molecule has 1 amide bonds. The van der Waals surface area contributed by atoms with Crippen LogP contribution in [0, 0.1) is 0 Å². The first-order valence-corrected chi connectivity index (χ1v) is 7.71. The SMILES string of the molecule is Cn1nc(C(F)(F)F)cc1C(=O)N1CCCC1c1cccs1. The van der Waals surface area contributed by atoms with E-state index in [1.54, 1.807) is 16.2 Å². The number of nitrogens with zero attached hydrogens (tertiary/aromatic N) is 3. The second kappa shape index (κ2) is 5.42. The van der Waals surface area contributed by atoms with Gasteiger partial charge in [-0.05, 0) is 24.3 Å². The van der Waals surface area contributed by atoms with Crippen LogP contribution in [0.2, 0.25) is 0 Å². The number of carbonyl (C=O) groups excluding carboxylic acids is 1. The number of halogens is 3. The first-order valence-electron chi connectivity index (χ1n) is 6.83. The number of alkyl halides is 3. The molecule has 118 valence electrons. The predicted molar refractivity (Wildman–Crippen MR) is 75.5 cm³/mol. The molecule has 3 rings (SSSR count). The van der Waals surface area contributed by atoms with Gasteiger partial charge in [0.25, 0.3) is 5.91 Å². The van der Waals surface area contributed by atoms with Gasteiger partial charge in [-0.3, -0.25) is 9.48 Å². The number of thiophene rings is 1. The van der Waals surface area contributed by atoms with Crippen molar-refractivity contribution in [2.75, 3.05) is 6.54 Å². The van der Waals surface area contributed by atoms with Crippen molar-refractivity contribution in [3.8, 4) is 0 Å². The number of hydrogen-bond donors (Lipinski definition) is 0. The molecule has 3 heterocycles. The minimum Gasteiger partial charge on any atom is -0.329 e. The van der Waals surface area contributed by atoms with Crippen LogP contribution in [0.4, 0.5) is 13.2 Å². The molecule has 0 radical (unpaired) electrons. The number of aryl methyl sites for hydroxylation is 1. The highest BCUT2D eigenvalue weighted by atomic mass is 32.1. The molecule has 4 nitrogen and oxygen atoms in total. The minimum absolute atomic E-state index is 0.0317. The topological polar surface area (TPSA) is 38.1 Å². The monoisotopic (exact) mass is 329 g/mol. The van der Waals surface area contributed by atoms with Crippen molar-refractivity contribution in [1.82, 2.24) is 14.7 Å². The van der Waals surface area contributed by atoms with E-state index in [1.165, 1.54) is 7.05 Å². The van der Waals surface area contributed by atoms with Gasteiger partial charge in [-0.2, -0.15) is 18.3 Å². The third kappa shape index (κ3) is 2.63. The van der Waals surface area contributed by atoms with E-state index in [-0.39, 0.29) is 11.7 Å². The molecule has 1 aliphatic rings. The lowest BCUT2D eigenvalue weighted by molar-refractivity contribution is -0.141. The Morgan fingerprint density at radius 2 is 2.23 bits per heavy atom. The summed E-state index contributed by atoms with van der Waals surface area (Å²) in [7, 11) is 1.36.